The molecule has 4 nitrogen and oxygen atoms in total. The summed E-state index contributed by atoms with van der Waals surface area (Å²) in [6, 6.07) is 3.83. The summed E-state index contributed by atoms with van der Waals surface area (Å²) < 4.78 is 7.47. The first-order valence-electron chi connectivity index (χ1n) is 6.97. The Kier molecular flexibility index (Phi) is 5.19. The van der Waals surface area contributed by atoms with Crippen LogP contribution in [0.1, 0.15) is 5.82 Å². The molecule has 0 amide bonds. The number of alkyl halides is 1. The Morgan fingerprint density at radius 1 is 1.38 bits per heavy atom. The smallest absolute Gasteiger partial charge is 0.215 e. The van der Waals surface area contributed by atoms with Crippen LogP contribution in [0.25, 0.3) is 11.2 Å². The summed E-state index contributed by atoms with van der Waals surface area (Å²) in [5, 5.41) is 0.614. The zero-order chi connectivity index (χ0) is 14.7. The van der Waals surface area contributed by atoms with E-state index in [4.69, 9.17) is 16.3 Å². The van der Waals surface area contributed by atoms with Gasteiger partial charge in [-0.1, -0.05) is 0 Å². The van der Waals surface area contributed by atoms with Crippen molar-refractivity contribution in [3.63, 3.8) is 0 Å². The predicted octanol–water partition coefficient (Wildman–Crippen LogP) is 3.07. The molecule has 0 radical (unpaired) electrons. The Labute approximate surface area is 138 Å². The van der Waals surface area contributed by atoms with E-state index in [2.05, 4.69) is 14.5 Å². The van der Waals surface area contributed by atoms with Gasteiger partial charge in [0.05, 0.1) is 7.11 Å². The molecule has 21 heavy (non-hydrogen) atoms. The number of fused-ring (bicyclic) bond motifs is 1. The molecular formula is C14H18ClN3OS2. The van der Waals surface area contributed by atoms with E-state index in [1.807, 2.05) is 35.7 Å². The molecular weight excluding hydrogens is 326 g/mol. The molecule has 2 aromatic heterocycles. The average molecular weight is 344 g/mol. The maximum absolute atomic E-state index is 5.93. The van der Waals surface area contributed by atoms with Gasteiger partial charge >= 0.3 is 0 Å². The first-order valence-corrected chi connectivity index (χ1v) is 9.71. The number of nitrogens with zero attached hydrogens (tertiary/aromatic N) is 3. The Balaban J connectivity index is 1.96. The Bertz CT molecular complexity index is 614. The molecule has 114 valence electrons. The normalized spacial score (nSPS) is 19.0. The van der Waals surface area contributed by atoms with Gasteiger partial charge in [0.2, 0.25) is 5.88 Å². The lowest BCUT2D eigenvalue weighted by Gasteiger charge is -2.22. The highest BCUT2D eigenvalue weighted by Crippen LogP contribution is 2.27. The second kappa shape index (κ2) is 7.11. The number of aromatic nitrogens is 3. The van der Waals surface area contributed by atoms with Crippen LogP contribution in [0, 0.1) is 0 Å². The molecule has 7 heteroatoms. The predicted molar refractivity (Wildman–Crippen MR) is 92.1 cm³/mol. The lowest BCUT2D eigenvalue weighted by Crippen LogP contribution is -2.22. The van der Waals surface area contributed by atoms with Crippen molar-refractivity contribution in [1.29, 1.82) is 0 Å². The van der Waals surface area contributed by atoms with Crippen molar-refractivity contribution < 1.29 is 4.74 Å². The van der Waals surface area contributed by atoms with Crippen LogP contribution >= 0.6 is 35.1 Å². The summed E-state index contributed by atoms with van der Waals surface area (Å²) in [6.07, 6.45) is 0.769. The lowest BCUT2D eigenvalue weighted by molar-refractivity contribution is 0.399. The molecule has 0 spiro atoms. The number of thioether (sulfide) groups is 2. The number of aryl methyl sites for hydroxylation is 1. The third-order valence-electron chi connectivity index (χ3n) is 3.44. The van der Waals surface area contributed by atoms with E-state index in [0.29, 0.717) is 17.0 Å². The summed E-state index contributed by atoms with van der Waals surface area (Å²) in [5.74, 6) is 5.90. The number of hydrogen-bond acceptors (Lipinski definition) is 5. The van der Waals surface area contributed by atoms with Gasteiger partial charge in [-0.25, -0.2) is 4.98 Å². The van der Waals surface area contributed by atoms with Crippen LogP contribution in [-0.4, -0.2) is 50.0 Å². The lowest BCUT2D eigenvalue weighted by atomic mass is 10.4. The number of halogens is 1. The number of rotatable bonds is 5. The van der Waals surface area contributed by atoms with Gasteiger partial charge in [-0.2, -0.15) is 28.5 Å². The van der Waals surface area contributed by atoms with Crippen LogP contribution < -0.4 is 4.74 Å². The van der Waals surface area contributed by atoms with Gasteiger partial charge in [0.1, 0.15) is 11.3 Å². The number of methoxy groups -OCH3 is 1. The van der Waals surface area contributed by atoms with Crippen molar-refractivity contribution in [2.24, 2.45) is 0 Å². The summed E-state index contributed by atoms with van der Waals surface area (Å²) in [5.41, 5.74) is 1.83. The van der Waals surface area contributed by atoms with E-state index in [9.17, 15) is 0 Å². The van der Waals surface area contributed by atoms with Gasteiger partial charge in [-0.15, -0.1) is 11.6 Å². The second-order valence-electron chi connectivity index (χ2n) is 4.84. The number of ether oxygens (including phenoxy) is 1. The minimum Gasteiger partial charge on any atom is -0.481 e. The molecule has 0 aliphatic carbocycles. The highest BCUT2D eigenvalue weighted by Gasteiger charge is 2.19. The number of hydrogen-bond donors (Lipinski definition) is 0. The molecule has 1 atom stereocenters. The van der Waals surface area contributed by atoms with Crippen LogP contribution in [0.5, 0.6) is 5.88 Å². The van der Waals surface area contributed by atoms with Gasteiger partial charge in [-0.3, -0.25) is 0 Å². The minimum atomic E-state index is 0.576. The van der Waals surface area contributed by atoms with Crippen LogP contribution in [0.3, 0.4) is 0 Å². The third-order valence-corrected chi connectivity index (χ3v) is 6.46. The topological polar surface area (TPSA) is 39.9 Å². The van der Waals surface area contributed by atoms with Gasteiger partial charge in [0.15, 0.2) is 5.65 Å². The summed E-state index contributed by atoms with van der Waals surface area (Å²) in [4.78, 5) is 9.27. The number of pyridine rings is 1. The summed E-state index contributed by atoms with van der Waals surface area (Å²) in [7, 11) is 1.64. The molecule has 3 rings (SSSR count). The zero-order valence-electron chi connectivity index (χ0n) is 11.9. The maximum Gasteiger partial charge on any atom is 0.215 e. The van der Waals surface area contributed by atoms with Crippen molar-refractivity contribution in [1.82, 2.24) is 14.5 Å². The quantitative estimate of drug-likeness (QED) is 0.780. The van der Waals surface area contributed by atoms with E-state index in [1.54, 1.807) is 7.11 Å². The standard InChI is InChI=1S/C14H18ClN3OS2/c1-19-13-3-2-11-14(17-13)18(12(16-11)4-5-15)8-10-9-20-6-7-21-10/h2-3,10H,4-9H2,1H3. The largest absolute Gasteiger partial charge is 0.481 e. The van der Waals surface area contributed by atoms with Crippen molar-refractivity contribution in [2.45, 2.75) is 18.2 Å². The van der Waals surface area contributed by atoms with Crippen LogP contribution in [0.2, 0.25) is 0 Å². The van der Waals surface area contributed by atoms with Crippen molar-refractivity contribution in [3.8, 4) is 5.88 Å². The van der Waals surface area contributed by atoms with Gasteiger partial charge in [0, 0.05) is 47.4 Å². The Morgan fingerprint density at radius 2 is 2.29 bits per heavy atom. The first kappa shape index (κ1) is 15.3. The minimum absolute atomic E-state index is 0.576. The van der Waals surface area contributed by atoms with Crippen molar-refractivity contribution in [3.05, 3.63) is 18.0 Å². The molecule has 2 aromatic rings. The highest BCUT2D eigenvalue weighted by molar-refractivity contribution is 8.06. The van der Waals surface area contributed by atoms with Crippen LogP contribution in [0.4, 0.5) is 0 Å². The van der Waals surface area contributed by atoms with Crippen LogP contribution in [0.15, 0.2) is 12.1 Å². The molecule has 0 bridgehead atoms. The molecule has 1 unspecified atom stereocenters. The monoisotopic (exact) mass is 343 g/mol. The molecule has 0 N–H and O–H groups in total. The maximum atomic E-state index is 5.93. The number of imidazole rings is 1. The SMILES string of the molecule is COc1ccc2nc(CCCl)n(CC3CSCCS3)c2n1. The van der Waals surface area contributed by atoms with Gasteiger partial charge in [-0.05, 0) is 6.07 Å². The van der Waals surface area contributed by atoms with E-state index in [0.717, 1.165) is 30.0 Å². The van der Waals surface area contributed by atoms with E-state index in [1.165, 1.54) is 17.3 Å². The van der Waals surface area contributed by atoms with Crippen molar-refractivity contribution >= 4 is 46.3 Å². The second-order valence-corrected chi connectivity index (χ2v) is 7.78. The fourth-order valence-corrected chi connectivity index (χ4v) is 5.28. The van der Waals surface area contributed by atoms with Crippen LogP contribution in [-0.2, 0) is 13.0 Å². The highest BCUT2D eigenvalue weighted by atomic mass is 35.5. The first-order chi connectivity index (χ1) is 10.3. The molecule has 0 saturated carbocycles. The van der Waals surface area contributed by atoms with Gasteiger partial charge < -0.3 is 9.30 Å². The zero-order valence-corrected chi connectivity index (χ0v) is 14.3. The molecule has 3 heterocycles. The van der Waals surface area contributed by atoms with E-state index in [-0.39, 0.29) is 0 Å². The molecule has 1 saturated heterocycles. The fraction of sp³-hybridized carbons (Fsp3) is 0.571. The average Bonchev–Trinajstić information content (AvgIpc) is 2.86. The fourth-order valence-electron chi connectivity index (χ4n) is 2.46. The summed E-state index contributed by atoms with van der Waals surface area (Å²) in [6.45, 7) is 0.945. The Morgan fingerprint density at radius 3 is 3.00 bits per heavy atom. The van der Waals surface area contributed by atoms with Gasteiger partial charge in [0.25, 0.3) is 0 Å². The molecule has 0 aromatic carbocycles. The van der Waals surface area contributed by atoms with Crippen molar-refractivity contribution in [2.75, 3.05) is 30.2 Å². The Hall–Kier alpha value is -0.590. The summed E-state index contributed by atoms with van der Waals surface area (Å²) >= 11 is 10.0. The third kappa shape index (κ3) is 3.43. The molecule has 1 aliphatic heterocycles. The molecule has 1 aliphatic rings. The van der Waals surface area contributed by atoms with E-state index >= 15 is 0 Å². The molecule has 1 fully saturated rings. The van der Waals surface area contributed by atoms with E-state index < -0.39 is 0 Å².